The number of aromatic nitrogens is 1. The third-order valence-corrected chi connectivity index (χ3v) is 1.93. The van der Waals surface area contributed by atoms with Crippen molar-refractivity contribution in [2.45, 2.75) is 6.43 Å². The van der Waals surface area contributed by atoms with Gasteiger partial charge < -0.3 is 20.9 Å². The quantitative estimate of drug-likeness (QED) is 0.635. The number of alkyl halides is 2. The average molecular weight is 261 g/mol. The van der Waals surface area contributed by atoms with E-state index in [-0.39, 0.29) is 30.4 Å². The Labute approximate surface area is 102 Å². The van der Waals surface area contributed by atoms with E-state index in [4.69, 9.17) is 10.8 Å². The van der Waals surface area contributed by atoms with Crippen LogP contribution in [0.15, 0.2) is 12.1 Å². The van der Waals surface area contributed by atoms with Gasteiger partial charge in [-0.1, -0.05) is 0 Å². The molecule has 0 unspecified atom stereocenters. The maximum Gasteiger partial charge on any atom is 0.354 e. The van der Waals surface area contributed by atoms with Crippen LogP contribution in [0.1, 0.15) is 10.5 Å². The van der Waals surface area contributed by atoms with E-state index in [1.165, 1.54) is 12.1 Å². The number of ether oxygens (including phenoxy) is 1. The maximum atomic E-state index is 11.7. The molecule has 6 nitrogen and oxygen atoms in total. The van der Waals surface area contributed by atoms with Crippen molar-refractivity contribution in [3.8, 4) is 0 Å². The van der Waals surface area contributed by atoms with Gasteiger partial charge in [-0.15, -0.1) is 0 Å². The number of carboxylic acids is 1. The van der Waals surface area contributed by atoms with Crippen LogP contribution in [0.5, 0.6) is 0 Å². The number of nitrogens with zero attached hydrogens (tertiary/aromatic N) is 1. The number of rotatable bonds is 7. The zero-order valence-corrected chi connectivity index (χ0v) is 9.40. The molecule has 1 rings (SSSR count). The third kappa shape index (κ3) is 4.50. The summed E-state index contributed by atoms with van der Waals surface area (Å²) in [5.41, 5.74) is 5.69. The number of halogens is 2. The molecule has 0 fully saturated rings. The molecule has 0 bridgehead atoms. The summed E-state index contributed by atoms with van der Waals surface area (Å²) in [6.07, 6.45) is -2.51. The molecule has 0 aromatic carbocycles. The van der Waals surface area contributed by atoms with Gasteiger partial charge in [0.2, 0.25) is 0 Å². The van der Waals surface area contributed by atoms with E-state index in [1.807, 2.05) is 0 Å². The molecule has 0 saturated heterocycles. The number of nitrogen functional groups attached to an aromatic ring is 1. The van der Waals surface area contributed by atoms with E-state index in [9.17, 15) is 13.6 Å². The maximum absolute atomic E-state index is 11.7. The van der Waals surface area contributed by atoms with Gasteiger partial charge in [-0.2, -0.15) is 0 Å². The van der Waals surface area contributed by atoms with Crippen LogP contribution in [0.3, 0.4) is 0 Å². The lowest BCUT2D eigenvalue weighted by atomic mass is 10.3. The highest BCUT2D eigenvalue weighted by Gasteiger charge is 2.08. The first-order chi connectivity index (χ1) is 8.50. The molecule has 1 heterocycles. The van der Waals surface area contributed by atoms with Crippen LogP contribution < -0.4 is 11.1 Å². The van der Waals surface area contributed by atoms with Crippen molar-refractivity contribution in [2.24, 2.45) is 0 Å². The Morgan fingerprint density at radius 2 is 2.28 bits per heavy atom. The van der Waals surface area contributed by atoms with Crippen LogP contribution in [0.25, 0.3) is 0 Å². The summed E-state index contributed by atoms with van der Waals surface area (Å²) in [6.45, 7) is -0.393. The highest BCUT2D eigenvalue weighted by atomic mass is 19.3. The molecule has 0 aliphatic carbocycles. The fraction of sp³-hybridized carbons (Fsp3) is 0.400. The van der Waals surface area contributed by atoms with E-state index in [0.717, 1.165) is 0 Å². The van der Waals surface area contributed by atoms with E-state index in [2.05, 4.69) is 15.0 Å². The SMILES string of the molecule is Nc1ccc(C(=O)O)nc1NCCOCC(F)F. The third-order valence-electron chi connectivity index (χ3n) is 1.93. The molecule has 0 spiro atoms. The van der Waals surface area contributed by atoms with Crippen molar-refractivity contribution in [3.63, 3.8) is 0 Å². The topological polar surface area (TPSA) is 97.5 Å². The minimum absolute atomic E-state index is 0.0444. The number of aromatic carboxylic acids is 1. The second-order valence-electron chi connectivity index (χ2n) is 3.33. The van der Waals surface area contributed by atoms with Gasteiger partial charge in [-0.3, -0.25) is 0 Å². The summed E-state index contributed by atoms with van der Waals surface area (Å²) in [6, 6.07) is 2.68. The Morgan fingerprint density at radius 3 is 2.89 bits per heavy atom. The zero-order chi connectivity index (χ0) is 13.5. The molecule has 8 heteroatoms. The summed E-state index contributed by atoms with van der Waals surface area (Å²) < 4.78 is 28.1. The standard InChI is InChI=1S/C10H13F2N3O3/c11-8(12)5-18-4-3-14-9-6(13)1-2-7(15-9)10(16)17/h1-2,8H,3-5,13H2,(H,14,15)(H,16,17). The second-order valence-corrected chi connectivity index (χ2v) is 3.33. The molecular formula is C10H13F2N3O3. The van der Waals surface area contributed by atoms with E-state index in [0.29, 0.717) is 0 Å². The molecule has 18 heavy (non-hydrogen) atoms. The van der Waals surface area contributed by atoms with E-state index < -0.39 is 19.0 Å². The number of hydrogen-bond donors (Lipinski definition) is 3. The summed E-state index contributed by atoms with van der Waals surface area (Å²) in [5, 5.41) is 11.4. The highest BCUT2D eigenvalue weighted by Crippen LogP contribution is 2.15. The Balaban J connectivity index is 2.46. The summed E-state index contributed by atoms with van der Waals surface area (Å²) >= 11 is 0. The summed E-state index contributed by atoms with van der Waals surface area (Å²) in [5.74, 6) is -0.984. The number of carbonyl (C=O) groups is 1. The van der Waals surface area contributed by atoms with Gasteiger partial charge >= 0.3 is 5.97 Å². The molecular weight excluding hydrogens is 248 g/mol. The first-order valence-corrected chi connectivity index (χ1v) is 5.10. The lowest BCUT2D eigenvalue weighted by Gasteiger charge is -2.09. The Bertz CT molecular complexity index is 415. The molecule has 0 atom stereocenters. The van der Waals surface area contributed by atoms with Crippen molar-refractivity contribution in [2.75, 3.05) is 30.8 Å². The van der Waals surface area contributed by atoms with Gasteiger partial charge in [0.05, 0.1) is 12.3 Å². The van der Waals surface area contributed by atoms with Crippen LogP contribution in [0, 0.1) is 0 Å². The van der Waals surface area contributed by atoms with Crippen LogP contribution in [-0.2, 0) is 4.74 Å². The molecule has 0 amide bonds. The van der Waals surface area contributed by atoms with Gasteiger partial charge in [-0.05, 0) is 12.1 Å². The van der Waals surface area contributed by atoms with E-state index >= 15 is 0 Å². The normalized spacial score (nSPS) is 10.6. The predicted molar refractivity (Wildman–Crippen MR) is 60.9 cm³/mol. The lowest BCUT2D eigenvalue weighted by Crippen LogP contribution is -2.15. The molecule has 4 N–H and O–H groups in total. The van der Waals surface area contributed by atoms with Crippen molar-refractivity contribution in [1.29, 1.82) is 0 Å². The van der Waals surface area contributed by atoms with Gasteiger partial charge in [0.15, 0.2) is 5.69 Å². The first-order valence-electron chi connectivity index (χ1n) is 5.10. The fourth-order valence-electron chi connectivity index (χ4n) is 1.14. The Hall–Kier alpha value is -1.96. The summed E-state index contributed by atoms with van der Waals surface area (Å²) in [7, 11) is 0. The Morgan fingerprint density at radius 1 is 1.56 bits per heavy atom. The number of carboxylic acid groups (broad SMARTS) is 1. The summed E-state index contributed by atoms with van der Waals surface area (Å²) in [4.78, 5) is 14.4. The van der Waals surface area contributed by atoms with Crippen LogP contribution >= 0.6 is 0 Å². The first kappa shape index (κ1) is 14.1. The predicted octanol–water partition coefficient (Wildman–Crippen LogP) is 1.06. The van der Waals surface area contributed by atoms with Crippen molar-refractivity contribution in [1.82, 2.24) is 4.98 Å². The van der Waals surface area contributed by atoms with Crippen molar-refractivity contribution >= 4 is 17.5 Å². The van der Waals surface area contributed by atoms with E-state index in [1.54, 1.807) is 0 Å². The minimum atomic E-state index is -2.51. The minimum Gasteiger partial charge on any atom is -0.477 e. The van der Waals surface area contributed by atoms with Crippen molar-refractivity contribution < 1.29 is 23.4 Å². The molecule has 1 aromatic rings. The second kappa shape index (κ2) is 6.70. The van der Waals surface area contributed by atoms with Crippen LogP contribution in [-0.4, -0.2) is 42.2 Å². The van der Waals surface area contributed by atoms with Gasteiger partial charge in [-0.25, -0.2) is 18.6 Å². The zero-order valence-electron chi connectivity index (χ0n) is 9.40. The average Bonchev–Trinajstić information content (AvgIpc) is 2.30. The molecule has 1 aromatic heterocycles. The number of hydrogen-bond acceptors (Lipinski definition) is 5. The van der Waals surface area contributed by atoms with Crippen LogP contribution in [0.2, 0.25) is 0 Å². The number of nitrogens with two attached hydrogens (primary N) is 1. The molecule has 0 aliphatic heterocycles. The molecule has 0 aliphatic rings. The number of nitrogens with one attached hydrogen (secondary N) is 1. The highest BCUT2D eigenvalue weighted by molar-refractivity contribution is 5.86. The monoisotopic (exact) mass is 261 g/mol. The van der Waals surface area contributed by atoms with Gasteiger partial charge in [0.25, 0.3) is 6.43 Å². The largest absolute Gasteiger partial charge is 0.477 e. The molecule has 0 radical (unpaired) electrons. The van der Waals surface area contributed by atoms with Gasteiger partial charge in [0, 0.05) is 6.54 Å². The fourth-order valence-corrected chi connectivity index (χ4v) is 1.14. The Kier molecular flexibility index (Phi) is 5.25. The molecule has 0 saturated carbocycles. The molecule has 100 valence electrons. The van der Waals surface area contributed by atoms with Gasteiger partial charge in [0.1, 0.15) is 12.4 Å². The number of anilines is 2. The smallest absolute Gasteiger partial charge is 0.354 e. The number of pyridine rings is 1. The van der Waals surface area contributed by atoms with Crippen molar-refractivity contribution in [3.05, 3.63) is 17.8 Å². The van der Waals surface area contributed by atoms with Crippen LogP contribution in [0.4, 0.5) is 20.3 Å². The lowest BCUT2D eigenvalue weighted by molar-refractivity contribution is 0.0214.